The topological polar surface area (TPSA) is 74.7 Å². The van der Waals surface area contributed by atoms with Crippen LogP contribution in [0.1, 0.15) is 19.4 Å². The van der Waals surface area contributed by atoms with Crippen LogP contribution < -0.4 is 10.6 Å². The number of nitrogens with zero attached hydrogens (tertiary/aromatic N) is 3. The van der Waals surface area contributed by atoms with Crippen molar-refractivity contribution >= 4 is 11.5 Å². The Morgan fingerprint density at radius 1 is 1.47 bits per heavy atom. The smallest absolute Gasteiger partial charge is 0.172 e. The normalized spacial score (nSPS) is 25.3. The van der Waals surface area contributed by atoms with Crippen LogP contribution in [0.4, 0.5) is 5.69 Å². The van der Waals surface area contributed by atoms with Crippen molar-refractivity contribution < 1.29 is 5.21 Å². The molecular weight excluding hydrogens is 216 g/mol. The highest BCUT2D eigenvalue weighted by Crippen LogP contribution is 2.29. The Bertz CT molecular complexity index is 422. The Morgan fingerprint density at radius 3 is 2.71 bits per heavy atom. The molecule has 1 aromatic heterocycles. The molecule has 1 saturated heterocycles. The molecule has 1 fully saturated rings. The van der Waals surface area contributed by atoms with Gasteiger partial charge in [0.15, 0.2) is 5.84 Å². The van der Waals surface area contributed by atoms with Crippen LogP contribution in [0.15, 0.2) is 23.6 Å². The van der Waals surface area contributed by atoms with Crippen molar-refractivity contribution in [2.24, 2.45) is 22.7 Å². The Hall–Kier alpha value is -1.78. The van der Waals surface area contributed by atoms with Gasteiger partial charge in [-0.1, -0.05) is 19.0 Å². The minimum absolute atomic E-state index is 0.134. The number of anilines is 1. The van der Waals surface area contributed by atoms with Gasteiger partial charge in [0.05, 0.1) is 11.9 Å². The van der Waals surface area contributed by atoms with E-state index in [2.05, 4.69) is 28.9 Å². The molecule has 2 atom stereocenters. The molecule has 0 bridgehead atoms. The molecule has 2 rings (SSSR count). The van der Waals surface area contributed by atoms with Crippen LogP contribution in [0.2, 0.25) is 0 Å². The summed E-state index contributed by atoms with van der Waals surface area (Å²) in [6, 6.07) is 1.78. The van der Waals surface area contributed by atoms with E-state index >= 15 is 0 Å². The van der Waals surface area contributed by atoms with E-state index in [4.69, 9.17) is 10.9 Å². The van der Waals surface area contributed by atoms with E-state index < -0.39 is 0 Å². The quantitative estimate of drug-likeness (QED) is 0.350. The van der Waals surface area contributed by atoms with Gasteiger partial charge in [0.2, 0.25) is 0 Å². The summed E-state index contributed by atoms with van der Waals surface area (Å²) in [7, 11) is 0. The van der Waals surface area contributed by atoms with Gasteiger partial charge in [-0.3, -0.25) is 4.98 Å². The Labute approximate surface area is 101 Å². The van der Waals surface area contributed by atoms with Gasteiger partial charge in [-0.25, -0.2) is 0 Å². The number of nitrogens with two attached hydrogens (primary N) is 1. The summed E-state index contributed by atoms with van der Waals surface area (Å²) in [6.07, 6.45) is 3.43. The molecular formula is C12H18N4O. The van der Waals surface area contributed by atoms with Crippen LogP contribution in [-0.4, -0.2) is 29.1 Å². The lowest BCUT2D eigenvalue weighted by molar-refractivity contribution is 0.318. The highest BCUT2D eigenvalue weighted by Gasteiger charge is 2.28. The summed E-state index contributed by atoms with van der Waals surface area (Å²) in [5, 5.41) is 11.9. The summed E-state index contributed by atoms with van der Waals surface area (Å²) < 4.78 is 0. The molecule has 2 heterocycles. The Balaban J connectivity index is 2.33. The summed E-state index contributed by atoms with van der Waals surface area (Å²) >= 11 is 0. The minimum atomic E-state index is 0.134. The zero-order chi connectivity index (χ0) is 12.4. The van der Waals surface area contributed by atoms with Crippen LogP contribution in [-0.2, 0) is 0 Å². The van der Waals surface area contributed by atoms with Crippen LogP contribution in [0, 0.1) is 11.8 Å². The van der Waals surface area contributed by atoms with Gasteiger partial charge in [-0.05, 0) is 17.9 Å². The molecule has 1 aliphatic rings. The fraction of sp³-hybridized carbons (Fsp3) is 0.500. The van der Waals surface area contributed by atoms with E-state index in [0.29, 0.717) is 11.8 Å². The second-order valence-electron chi connectivity index (χ2n) is 4.74. The van der Waals surface area contributed by atoms with E-state index in [1.54, 1.807) is 18.5 Å². The second-order valence-corrected chi connectivity index (χ2v) is 4.74. The van der Waals surface area contributed by atoms with E-state index in [1.165, 1.54) is 0 Å². The maximum absolute atomic E-state index is 8.78. The van der Waals surface area contributed by atoms with Crippen LogP contribution in [0.3, 0.4) is 0 Å². The van der Waals surface area contributed by atoms with Gasteiger partial charge < -0.3 is 15.8 Å². The molecule has 2 unspecified atom stereocenters. The zero-order valence-electron chi connectivity index (χ0n) is 10.2. The first-order valence-corrected chi connectivity index (χ1v) is 5.80. The lowest BCUT2D eigenvalue weighted by Gasteiger charge is -2.20. The molecule has 0 saturated carbocycles. The van der Waals surface area contributed by atoms with Crippen molar-refractivity contribution in [3.8, 4) is 0 Å². The van der Waals surface area contributed by atoms with Gasteiger partial charge >= 0.3 is 0 Å². The van der Waals surface area contributed by atoms with Crippen molar-refractivity contribution in [2.75, 3.05) is 18.0 Å². The number of hydrogen-bond donors (Lipinski definition) is 2. The fourth-order valence-electron chi connectivity index (χ4n) is 2.23. The van der Waals surface area contributed by atoms with E-state index in [9.17, 15) is 0 Å². The molecule has 3 N–H and O–H groups in total. The van der Waals surface area contributed by atoms with Crippen molar-refractivity contribution in [3.63, 3.8) is 0 Å². The van der Waals surface area contributed by atoms with Gasteiger partial charge in [0, 0.05) is 24.8 Å². The molecule has 0 spiro atoms. The number of amidine groups is 1. The summed E-state index contributed by atoms with van der Waals surface area (Å²) in [5.41, 5.74) is 7.36. The molecule has 0 aromatic carbocycles. The third-order valence-corrected chi connectivity index (χ3v) is 3.51. The summed E-state index contributed by atoms with van der Waals surface area (Å²) in [4.78, 5) is 6.37. The number of rotatable bonds is 2. The average Bonchev–Trinajstić information content (AvgIpc) is 2.68. The van der Waals surface area contributed by atoms with Crippen molar-refractivity contribution in [1.82, 2.24) is 4.98 Å². The Morgan fingerprint density at radius 2 is 2.12 bits per heavy atom. The van der Waals surface area contributed by atoms with E-state index in [1.807, 2.05) is 0 Å². The van der Waals surface area contributed by atoms with E-state index in [0.717, 1.165) is 24.3 Å². The van der Waals surface area contributed by atoms with Crippen LogP contribution in [0.5, 0.6) is 0 Å². The molecule has 5 heteroatoms. The molecule has 92 valence electrons. The molecule has 0 aliphatic carbocycles. The number of pyridine rings is 1. The zero-order valence-corrected chi connectivity index (χ0v) is 10.2. The molecule has 17 heavy (non-hydrogen) atoms. The number of hydrogen-bond acceptors (Lipinski definition) is 4. The Kier molecular flexibility index (Phi) is 3.17. The highest BCUT2D eigenvalue weighted by atomic mass is 16.4. The first kappa shape index (κ1) is 11.7. The fourth-order valence-corrected chi connectivity index (χ4v) is 2.23. The molecule has 1 aromatic rings. The largest absolute Gasteiger partial charge is 0.409 e. The maximum Gasteiger partial charge on any atom is 0.172 e. The standard InChI is InChI=1S/C12H18N4O/c1-8-6-16(7-9(8)2)11-5-14-4-3-10(11)12(13)15-17/h3-5,8-9,17H,6-7H2,1-2H3,(H2,13,15). The van der Waals surface area contributed by atoms with Gasteiger partial charge in [0.25, 0.3) is 0 Å². The predicted octanol–water partition coefficient (Wildman–Crippen LogP) is 1.27. The van der Waals surface area contributed by atoms with Crippen molar-refractivity contribution in [1.29, 1.82) is 0 Å². The monoisotopic (exact) mass is 234 g/mol. The van der Waals surface area contributed by atoms with Crippen LogP contribution >= 0.6 is 0 Å². The van der Waals surface area contributed by atoms with Gasteiger partial charge in [-0.15, -0.1) is 0 Å². The molecule has 1 aliphatic heterocycles. The van der Waals surface area contributed by atoms with Gasteiger partial charge in [0.1, 0.15) is 0 Å². The lowest BCUT2D eigenvalue weighted by atomic mass is 10.0. The van der Waals surface area contributed by atoms with Crippen molar-refractivity contribution in [3.05, 3.63) is 24.0 Å². The first-order valence-electron chi connectivity index (χ1n) is 5.80. The number of aromatic nitrogens is 1. The highest BCUT2D eigenvalue weighted by molar-refractivity contribution is 6.02. The maximum atomic E-state index is 8.78. The van der Waals surface area contributed by atoms with Crippen molar-refractivity contribution in [2.45, 2.75) is 13.8 Å². The SMILES string of the molecule is CC1CN(c2cnccc2/C(N)=N/O)CC1C. The molecule has 5 nitrogen and oxygen atoms in total. The lowest BCUT2D eigenvalue weighted by Crippen LogP contribution is -2.24. The molecule has 0 amide bonds. The summed E-state index contributed by atoms with van der Waals surface area (Å²) in [5.74, 6) is 1.43. The average molecular weight is 234 g/mol. The molecule has 0 radical (unpaired) electrons. The second kappa shape index (κ2) is 4.61. The third kappa shape index (κ3) is 2.18. The summed E-state index contributed by atoms with van der Waals surface area (Å²) in [6.45, 7) is 6.45. The minimum Gasteiger partial charge on any atom is -0.409 e. The van der Waals surface area contributed by atoms with E-state index in [-0.39, 0.29) is 5.84 Å². The van der Waals surface area contributed by atoms with Crippen LogP contribution in [0.25, 0.3) is 0 Å². The van der Waals surface area contributed by atoms with Gasteiger partial charge in [-0.2, -0.15) is 0 Å². The third-order valence-electron chi connectivity index (χ3n) is 3.51. The number of oxime groups is 1. The predicted molar refractivity (Wildman–Crippen MR) is 67.3 cm³/mol. The first-order chi connectivity index (χ1) is 8.13.